The molecule has 0 fully saturated rings. The molecule has 84 valence electrons. The molecule has 2 aromatic rings. The molecule has 1 heterocycles. The van der Waals surface area contributed by atoms with Crippen molar-refractivity contribution in [3.05, 3.63) is 34.5 Å². The Kier molecular flexibility index (Phi) is 2.56. The van der Waals surface area contributed by atoms with E-state index >= 15 is 0 Å². The van der Waals surface area contributed by atoms with Crippen LogP contribution in [0.5, 0.6) is 5.75 Å². The maximum atomic E-state index is 11.9. The molecule has 1 aromatic heterocycles. The van der Waals surface area contributed by atoms with Crippen LogP contribution in [0.4, 0.5) is 5.88 Å². The lowest BCUT2D eigenvalue weighted by Gasteiger charge is -2.11. The average Bonchev–Trinajstić information content (AvgIpc) is 2.27. The van der Waals surface area contributed by atoms with Crippen molar-refractivity contribution < 1.29 is 9.15 Å². The number of fused-ring (bicyclic) bond motifs is 1. The summed E-state index contributed by atoms with van der Waals surface area (Å²) < 4.78 is 10.7. The highest BCUT2D eigenvalue weighted by atomic mass is 16.5. The van der Waals surface area contributed by atoms with Crippen molar-refractivity contribution in [2.75, 3.05) is 26.1 Å². The molecular weight excluding hydrogens is 206 g/mol. The van der Waals surface area contributed by atoms with Crippen molar-refractivity contribution in [1.82, 2.24) is 0 Å². The van der Waals surface area contributed by atoms with Crippen LogP contribution >= 0.6 is 0 Å². The van der Waals surface area contributed by atoms with Gasteiger partial charge in [-0.05, 0) is 12.1 Å². The van der Waals surface area contributed by atoms with Crippen molar-refractivity contribution in [3.63, 3.8) is 0 Å². The van der Waals surface area contributed by atoms with Gasteiger partial charge < -0.3 is 14.1 Å². The van der Waals surface area contributed by atoms with Crippen LogP contribution in [-0.4, -0.2) is 21.2 Å². The summed E-state index contributed by atoms with van der Waals surface area (Å²) in [7, 11) is 5.18. The molecule has 0 saturated carbocycles. The van der Waals surface area contributed by atoms with E-state index < -0.39 is 0 Å². The zero-order valence-corrected chi connectivity index (χ0v) is 9.48. The van der Waals surface area contributed by atoms with E-state index in [1.54, 1.807) is 23.1 Å². The van der Waals surface area contributed by atoms with Crippen molar-refractivity contribution in [2.45, 2.75) is 0 Å². The van der Waals surface area contributed by atoms with E-state index in [-0.39, 0.29) is 5.43 Å². The molecule has 16 heavy (non-hydrogen) atoms. The summed E-state index contributed by atoms with van der Waals surface area (Å²) in [6.07, 6.45) is 0. The highest BCUT2D eigenvalue weighted by molar-refractivity contribution is 5.84. The first-order chi connectivity index (χ1) is 7.63. The van der Waals surface area contributed by atoms with Gasteiger partial charge in [0, 0.05) is 20.2 Å². The van der Waals surface area contributed by atoms with Gasteiger partial charge in [0.2, 0.25) is 0 Å². The molecule has 0 amide bonds. The molecule has 4 heteroatoms. The first kappa shape index (κ1) is 10.5. The number of hydrogen-bond acceptors (Lipinski definition) is 4. The summed E-state index contributed by atoms with van der Waals surface area (Å²) in [5, 5.41) is 0.482. The Hall–Kier alpha value is -1.97. The van der Waals surface area contributed by atoms with Gasteiger partial charge in [0.1, 0.15) is 16.7 Å². The third-order valence-corrected chi connectivity index (χ3v) is 2.36. The van der Waals surface area contributed by atoms with E-state index in [0.29, 0.717) is 22.6 Å². The Bertz CT molecular complexity index is 572. The maximum Gasteiger partial charge on any atom is 0.199 e. The first-order valence-electron chi connectivity index (χ1n) is 4.91. The predicted octanol–water partition coefficient (Wildman–Crippen LogP) is 1.87. The number of methoxy groups -OCH3 is 1. The Labute approximate surface area is 93.0 Å². The first-order valence-corrected chi connectivity index (χ1v) is 4.91. The molecule has 0 radical (unpaired) electrons. The number of nitrogens with zero attached hydrogens (tertiary/aromatic N) is 1. The fourth-order valence-corrected chi connectivity index (χ4v) is 1.56. The van der Waals surface area contributed by atoms with E-state index in [0.717, 1.165) is 0 Å². The molecule has 4 nitrogen and oxygen atoms in total. The predicted molar refractivity (Wildman–Crippen MR) is 63.4 cm³/mol. The topological polar surface area (TPSA) is 42.7 Å². The fourth-order valence-electron chi connectivity index (χ4n) is 1.56. The van der Waals surface area contributed by atoms with E-state index in [1.165, 1.54) is 13.2 Å². The highest BCUT2D eigenvalue weighted by Crippen LogP contribution is 2.24. The normalized spacial score (nSPS) is 10.4. The van der Waals surface area contributed by atoms with Crippen molar-refractivity contribution in [1.29, 1.82) is 0 Å². The van der Waals surface area contributed by atoms with Crippen LogP contribution < -0.4 is 15.1 Å². The van der Waals surface area contributed by atoms with Crippen LogP contribution in [0.1, 0.15) is 0 Å². The Morgan fingerprint density at radius 3 is 2.69 bits per heavy atom. The van der Waals surface area contributed by atoms with Gasteiger partial charge in [-0.1, -0.05) is 6.07 Å². The Morgan fingerprint density at radius 1 is 1.31 bits per heavy atom. The second-order valence-electron chi connectivity index (χ2n) is 3.68. The molecule has 0 atom stereocenters. The minimum Gasteiger partial charge on any atom is -0.496 e. The summed E-state index contributed by atoms with van der Waals surface area (Å²) in [4.78, 5) is 13.7. The largest absolute Gasteiger partial charge is 0.496 e. The molecular formula is C12H13NO3. The number of ether oxygens (including phenoxy) is 1. The van der Waals surface area contributed by atoms with Gasteiger partial charge in [0.25, 0.3) is 0 Å². The number of anilines is 1. The molecule has 1 aromatic carbocycles. The maximum absolute atomic E-state index is 11.9. The van der Waals surface area contributed by atoms with E-state index in [4.69, 9.17) is 9.15 Å². The molecule has 0 aliphatic heterocycles. The van der Waals surface area contributed by atoms with Crippen LogP contribution in [0.15, 0.2) is 33.5 Å². The highest BCUT2D eigenvalue weighted by Gasteiger charge is 2.10. The minimum atomic E-state index is -0.0950. The lowest BCUT2D eigenvalue weighted by molar-refractivity contribution is 0.418. The van der Waals surface area contributed by atoms with E-state index in [9.17, 15) is 4.79 Å². The van der Waals surface area contributed by atoms with Crippen LogP contribution in [0, 0.1) is 0 Å². The number of rotatable bonds is 2. The van der Waals surface area contributed by atoms with Crippen molar-refractivity contribution in [2.24, 2.45) is 0 Å². The van der Waals surface area contributed by atoms with Crippen LogP contribution in [0.3, 0.4) is 0 Å². The van der Waals surface area contributed by atoms with Gasteiger partial charge in [-0.15, -0.1) is 0 Å². The van der Waals surface area contributed by atoms with Crippen LogP contribution in [0.25, 0.3) is 11.0 Å². The van der Waals surface area contributed by atoms with Gasteiger partial charge in [-0.2, -0.15) is 0 Å². The van der Waals surface area contributed by atoms with Crippen LogP contribution in [-0.2, 0) is 0 Å². The van der Waals surface area contributed by atoms with E-state index in [1.807, 2.05) is 14.1 Å². The molecule has 2 rings (SSSR count). The zero-order chi connectivity index (χ0) is 11.7. The third kappa shape index (κ3) is 1.62. The monoisotopic (exact) mass is 219 g/mol. The SMILES string of the molecule is COc1cccc2oc(N(C)C)cc(=O)c12. The molecule has 0 N–H and O–H groups in total. The van der Waals surface area contributed by atoms with Gasteiger partial charge in [0.05, 0.1) is 7.11 Å². The summed E-state index contributed by atoms with van der Waals surface area (Å²) in [6.45, 7) is 0. The van der Waals surface area contributed by atoms with Crippen LogP contribution in [0.2, 0.25) is 0 Å². The molecule has 0 aliphatic carbocycles. The third-order valence-electron chi connectivity index (χ3n) is 2.36. The fraction of sp³-hybridized carbons (Fsp3) is 0.250. The molecule has 0 saturated heterocycles. The van der Waals surface area contributed by atoms with Gasteiger partial charge >= 0.3 is 0 Å². The quantitative estimate of drug-likeness (QED) is 0.773. The smallest absolute Gasteiger partial charge is 0.199 e. The lowest BCUT2D eigenvalue weighted by Crippen LogP contribution is -2.12. The molecule has 0 bridgehead atoms. The number of hydrogen-bond donors (Lipinski definition) is 0. The van der Waals surface area contributed by atoms with E-state index in [2.05, 4.69) is 0 Å². The average molecular weight is 219 g/mol. The Morgan fingerprint density at radius 2 is 2.06 bits per heavy atom. The molecule has 0 aliphatic rings. The summed E-state index contributed by atoms with van der Waals surface area (Å²) in [5.41, 5.74) is 0.443. The van der Waals surface area contributed by atoms with Gasteiger partial charge in [-0.3, -0.25) is 4.79 Å². The molecule has 0 spiro atoms. The second kappa shape index (κ2) is 3.89. The zero-order valence-electron chi connectivity index (χ0n) is 9.48. The minimum absolute atomic E-state index is 0.0950. The van der Waals surface area contributed by atoms with Gasteiger partial charge in [0.15, 0.2) is 11.3 Å². The standard InChI is InChI=1S/C12H13NO3/c1-13(2)11-7-8(14)12-9(15-3)5-4-6-10(12)16-11/h4-7H,1-3H3. The number of benzene rings is 1. The van der Waals surface area contributed by atoms with Crippen molar-refractivity contribution >= 4 is 16.9 Å². The second-order valence-corrected chi connectivity index (χ2v) is 3.68. The summed E-state index contributed by atoms with van der Waals surface area (Å²) in [6, 6.07) is 6.76. The Balaban J connectivity index is 2.81. The lowest BCUT2D eigenvalue weighted by atomic mass is 10.2. The summed E-state index contributed by atoms with van der Waals surface area (Å²) in [5.74, 6) is 1.07. The molecule has 0 unspecified atom stereocenters. The van der Waals surface area contributed by atoms with Gasteiger partial charge in [-0.25, -0.2) is 0 Å². The van der Waals surface area contributed by atoms with Crippen molar-refractivity contribution in [3.8, 4) is 5.75 Å². The summed E-state index contributed by atoms with van der Waals surface area (Å²) >= 11 is 0.